The van der Waals surface area contributed by atoms with Crippen LogP contribution in [-0.2, 0) is 5.41 Å². The van der Waals surface area contributed by atoms with Crippen LogP contribution in [0.2, 0.25) is 0 Å². The molecule has 4 heteroatoms. The van der Waals surface area contributed by atoms with Gasteiger partial charge in [0.2, 0.25) is 0 Å². The van der Waals surface area contributed by atoms with Gasteiger partial charge in [0.15, 0.2) is 0 Å². The molecule has 0 radical (unpaired) electrons. The number of aromatic nitrogens is 1. The normalized spacial score (nSPS) is 11.5. The zero-order chi connectivity index (χ0) is 13.2. The molecular weight excluding hydrogens is 290 g/mol. The maximum atomic E-state index is 5.97. The minimum atomic E-state index is 0.0308. The van der Waals surface area contributed by atoms with Gasteiger partial charge in [0.1, 0.15) is 0 Å². The fraction of sp³-hybridized carbons (Fsp3) is 0.286. The molecule has 1 heterocycles. The Labute approximate surface area is 116 Å². The summed E-state index contributed by atoms with van der Waals surface area (Å²) in [7, 11) is 0. The van der Waals surface area contributed by atoms with Crippen molar-refractivity contribution in [1.29, 1.82) is 0 Å². The van der Waals surface area contributed by atoms with Gasteiger partial charge >= 0.3 is 0 Å². The highest BCUT2D eigenvalue weighted by Gasteiger charge is 2.21. The number of aromatic amines is 1. The smallest absolute Gasteiger partial charge is 0.0575 e. The lowest BCUT2D eigenvalue weighted by Gasteiger charge is -2.25. The van der Waals surface area contributed by atoms with Crippen molar-refractivity contribution in [3.63, 3.8) is 0 Å². The van der Waals surface area contributed by atoms with Gasteiger partial charge in [0.25, 0.3) is 0 Å². The van der Waals surface area contributed by atoms with Crippen LogP contribution < -0.4 is 11.1 Å². The predicted octanol–water partition coefficient (Wildman–Crippen LogP) is 3.75. The highest BCUT2D eigenvalue weighted by molar-refractivity contribution is 9.10. The molecule has 0 aliphatic rings. The quantitative estimate of drug-likeness (QED) is 0.754. The van der Waals surface area contributed by atoms with Crippen LogP contribution in [0.25, 0.3) is 0 Å². The summed E-state index contributed by atoms with van der Waals surface area (Å²) in [6.07, 6.45) is 1.95. The number of hydrogen-bond donors (Lipinski definition) is 3. The third-order valence-corrected chi connectivity index (χ3v) is 3.55. The molecule has 2 aromatic rings. The molecule has 0 unspecified atom stereocenters. The third kappa shape index (κ3) is 2.88. The first-order valence-corrected chi connectivity index (χ1v) is 6.71. The molecule has 0 aliphatic carbocycles. The van der Waals surface area contributed by atoms with Crippen molar-refractivity contribution in [2.75, 3.05) is 17.6 Å². The van der Waals surface area contributed by atoms with Gasteiger partial charge in [-0.3, -0.25) is 0 Å². The van der Waals surface area contributed by atoms with E-state index in [1.165, 1.54) is 5.69 Å². The number of rotatable bonds is 4. The van der Waals surface area contributed by atoms with Gasteiger partial charge < -0.3 is 16.0 Å². The van der Waals surface area contributed by atoms with Crippen LogP contribution in [0, 0.1) is 0 Å². The Bertz CT molecular complexity index is 518. The maximum absolute atomic E-state index is 5.97. The Hall–Kier alpha value is -1.42. The summed E-state index contributed by atoms with van der Waals surface area (Å²) < 4.78 is 0.995. The van der Waals surface area contributed by atoms with E-state index >= 15 is 0 Å². The molecule has 0 saturated heterocycles. The molecule has 1 aromatic heterocycles. The molecule has 0 bridgehead atoms. The lowest BCUT2D eigenvalue weighted by molar-refractivity contribution is 0.542. The number of halogens is 1. The van der Waals surface area contributed by atoms with E-state index in [1.807, 2.05) is 30.5 Å². The van der Waals surface area contributed by atoms with Crippen LogP contribution in [0.3, 0.4) is 0 Å². The largest absolute Gasteiger partial charge is 0.397 e. The van der Waals surface area contributed by atoms with E-state index in [1.54, 1.807) is 0 Å². The van der Waals surface area contributed by atoms with Crippen LogP contribution in [0.4, 0.5) is 11.4 Å². The van der Waals surface area contributed by atoms with Crippen LogP contribution in [0.1, 0.15) is 19.5 Å². The fourth-order valence-corrected chi connectivity index (χ4v) is 2.24. The van der Waals surface area contributed by atoms with Gasteiger partial charge in [-0.25, -0.2) is 0 Å². The molecule has 0 aliphatic heterocycles. The van der Waals surface area contributed by atoms with E-state index in [0.717, 1.165) is 22.4 Å². The SMILES string of the molecule is CC(C)(CNc1ccc(Br)cc1N)c1ccc[nH]1. The number of H-pyrrole nitrogens is 1. The lowest BCUT2D eigenvalue weighted by Crippen LogP contribution is -2.28. The third-order valence-electron chi connectivity index (χ3n) is 3.06. The first-order valence-electron chi connectivity index (χ1n) is 5.92. The van der Waals surface area contributed by atoms with Crippen LogP contribution in [-0.4, -0.2) is 11.5 Å². The lowest BCUT2D eigenvalue weighted by atomic mass is 9.89. The predicted molar refractivity (Wildman–Crippen MR) is 80.9 cm³/mol. The second-order valence-corrected chi connectivity index (χ2v) is 5.97. The molecule has 2 rings (SSSR count). The summed E-state index contributed by atoms with van der Waals surface area (Å²) in [5.41, 5.74) is 8.94. The summed E-state index contributed by atoms with van der Waals surface area (Å²) in [4.78, 5) is 3.26. The van der Waals surface area contributed by atoms with E-state index < -0.39 is 0 Å². The first kappa shape index (κ1) is 13.0. The van der Waals surface area contributed by atoms with Crippen molar-refractivity contribution >= 4 is 27.3 Å². The highest BCUT2D eigenvalue weighted by Crippen LogP contribution is 2.26. The van der Waals surface area contributed by atoms with Crippen LogP contribution in [0.15, 0.2) is 41.0 Å². The fourth-order valence-electron chi connectivity index (χ4n) is 1.86. The monoisotopic (exact) mass is 307 g/mol. The average molecular weight is 308 g/mol. The van der Waals surface area contributed by atoms with E-state index in [0.29, 0.717) is 0 Å². The number of nitrogens with two attached hydrogens (primary N) is 1. The average Bonchev–Trinajstić information content (AvgIpc) is 2.82. The second kappa shape index (κ2) is 5.06. The van der Waals surface area contributed by atoms with Crippen molar-refractivity contribution in [2.24, 2.45) is 0 Å². The molecule has 96 valence electrons. The number of anilines is 2. The van der Waals surface area contributed by atoms with E-state index in [2.05, 4.69) is 46.1 Å². The van der Waals surface area contributed by atoms with Gasteiger partial charge in [0, 0.05) is 28.3 Å². The summed E-state index contributed by atoms with van der Waals surface area (Å²) in [5, 5.41) is 3.40. The zero-order valence-corrected chi connectivity index (χ0v) is 12.2. The summed E-state index contributed by atoms with van der Waals surface area (Å²) in [5.74, 6) is 0. The minimum Gasteiger partial charge on any atom is -0.397 e. The van der Waals surface area contributed by atoms with Crippen LogP contribution >= 0.6 is 15.9 Å². The topological polar surface area (TPSA) is 53.8 Å². The molecule has 1 aromatic carbocycles. The van der Waals surface area contributed by atoms with Crippen molar-refractivity contribution in [3.8, 4) is 0 Å². The molecule has 0 fully saturated rings. The molecule has 3 nitrogen and oxygen atoms in total. The molecule has 18 heavy (non-hydrogen) atoms. The number of benzene rings is 1. The van der Waals surface area contributed by atoms with Gasteiger partial charge in [0.05, 0.1) is 11.4 Å². The van der Waals surface area contributed by atoms with Gasteiger partial charge in [-0.05, 0) is 30.3 Å². The molecule has 0 saturated carbocycles. The number of nitrogen functional groups attached to an aromatic ring is 1. The summed E-state index contributed by atoms with van der Waals surface area (Å²) in [6, 6.07) is 10.0. The minimum absolute atomic E-state index is 0.0308. The Morgan fingerprint density at radius 2 is 2.11 bits per heavy atom. The second-order valence-electron chi connectivity index (χ2n) is 5.05. The van der Waals surface area contributed by atoms with Gasteiger partial charge in [-0.2, -0.15) is 0 Å². The Morgan fingerprint density at radius 3 is 2.72 bits per heavy atom. The van der Waals surface area contributed by atoms with Crippen molar-refractivity contribution in [1.82, 2.24) is 4.98 Å². The molecule has 0 atom stereocenters. The number of hydrogen-bond acceptors (Lipinski definition) is 2. The van der Waals surface area contributed by atoms with Crippen molar-refractivity contribution in [2.45, 2.75) is 19.3 Å². The van der Waals surface area contributed by atoms with E-state index in [4.69, 9.17) is 5.73 Å². The van der Waals surface area contributed by atoms with Crippen LogP contribution in [0.5, 0.6) is 0 Å². The zero-order valence-electron chi connectivity index (χ0n) is 10.6. The Kier molecular flexibility index (Phi) is 3.66. The van der Waals surface area contributed by atoms with E-state index in [-0.39, 0.29) is 5.41 Å². The first-order chi connectivity index (χ1) is 8.49. The molecule has 4 N–H and O–H groups in total. The van der Waals surface area contributed by atoms with Gasteiger partial charge in [-0.15, -0.1) is 0 Å². The van der Waals surface area contributed by atoms with Crippen molar-refractivity contribution < 1.29 is 0 Å². The molecule has 0 spiro atoms. The molecular formula is C14H18BrN3. The highest BCUT2D eigenvalue weighted by atomic mass is 79.9. The summed E-state index contributed by atoms with van der Waals surface area (Å²) >= 11 is 3.41. The Balaban J connectivity index is 2.07. The standard InChI is InChI=1S/C14H18BrN3/c1-14(2,13-4-3-7-17-13)9-18-12-6-5-10(15)8-11(12)16/h3-8,17-18H,9,16H2,1-2H3. The Morgan fingerprint density at radius 1 is 1.33 bits per heavy atom. The molecule has 0 amide bonds. The van der Waals surface area contributed by atoms with Crippen molar-refractivity contribution in [3.05, 3.63) is 46.7 Å². The maximum Gasteiger partial charge on any atom is 0.0575 e. The number of nitrogens with one attached hydrogen (secondary N) is 2. The summed E-state index contributed by atoms with van der Waals surface area (Å²) in [6.45, 7) is 5.21. The van der Waals surface area contributed by atoms with Gasteiger partial charge in [-0.1, -0.05) is 29.8 Å². The van der Waals surface area contributed by atoms with E-state index in [9.17, 15) is 0 Å².